The van der Waals surface area contributed by atoms with Crippen LogP contribution in [0.1, 0.15) is 0 Å². The normalized spacial score (nSPS) is 11.3. The van der Waals surface area contributed by atoms with Gasteiger partial charge in [-0.05, 0) is 57.3 Å². The fourth-order valence-corrected chi connectivity index (χ4v) is 7.57. The molecule has 3 nitrogen and oxygen atoms in total. The van der Waals surface area contributed by atoms with Crippen LogP contribution in [0.25, 0.3) is 99.9 Å². The first kappa shape index (κ1) is 31.5. The van der Waals surface area contributed by atoms with Crippen LogP contribution >= 0.6 is 0 Å². The minimum atomic E-state index is 0.699. The zero-order chi connectivity index (χ0) is 35.8. The predicted octanol–water partition coefficient (Wildman–Crippen LogP) is 13.3. The summed E-state index contributed by atoms with van der Waals surface area (Å²) in [5.74, 6) is 0.699. The highest BCUT2D eigenvalue weighted by molar-refractivity contribution is 6.22. The number of fused-ring (bicyclic) bond motifs is 5. The summed E-state index contributed by atoms with van der Waals surface area (Å²) in [6.07, 6.45) is 0. The second kappa shape index (κ2) is 13.4. The molecule has 0 atom stereocenters. The van der Waals surface area contributed by atoms with E-state index in [1.54, 1.807) is 0 Å². The molecule has 0 aliphatic heterocycles. The molecule has 8 aromatic carbocycles. The largest absolute Gasteiger partial charge is 0.247 e. The van der Waals surface area contributed by atoms with E-state index >= 15 is 0 Å². The van der Waals surface area contributed by atoms with Crippen molar-refractivity contribution in [2.45, 2.75) is 0 Å². The zero-order valence-electron chi connectivity index (χ0n) is 29.4. The first-order chi connectivity index (χ1) is 26.7. The van der Waals surface area contributed by atoms with E-state index in [1.807, 2.05) is 24.3 Å². The van der Waals surface area contributed by atoms with Gasteiger partial charge in [-0.3, -0.25) is 0 Å². The molecule has 0 fully saturated rings. The van der Waals surface area contributed by atoms with Crippen LogP contribution in [0.15, 0.2) is 200 Å². The van der Waals surface area contributed by atoms with Crippen molar-refractivity contribution in [3.63, 3.8) is 0 Å². The summed E-state index contributed by atoms with van der Waals surface area (Å²) >= 11 is 0. The van der Waals surface area contributed by atoms with Gasteiger partial charge in [0.1, 0.15) is 0 Å². The number of para-hydroxylation sites is 1. The lowest BCUT2D eigenvalue weighted by Gasteiger charge is -2.14. The molecule has 0 saturated carbocycles. The van der Waals surface area contributed by atoms with E-state index in [4.69, 9.17) is 15.0 Å². The molecule has 252 valence electrons. The summed E-state index contributed by atoms with van der Waals surface area (Å²) in [4.78, 5) is 15.5. The highest BCUT2D eigenvalue weighted by Gasteiger charge is 2.15. The highest BCUT2D eigenvalue weighted by Crippen LogP contribution is 2.38. The van der Waals surface area contributed by atoms with Crippen molar-refractivity contribution in [1.29, 1.82) is 0 Å². The minimum absolute atomic E-state index is 0.699. The van der Waals surface area contributed by atoms with E-state index in [2.05, 4.69) is 176 Å². The second-order valence-electron chi connectivity index (χ2n) is 13.6. The van der Waals surface area contributed by atoms with E-state index in [0.29, 0.717) is 5.82 Å². The number of pyridine rings is 1. The zero-order valence-corrected chi connectivity index (χ0v) is 29.4. The Labute approximate surface area is 313 Å². The topological polar surface area (TPSA) is 38.7 Å². The first-order valence-corrected chi connectivity index (χ1v) is 18.3. The van der Waals surface area contributed by atoms with Crippen molar-refractivity contribution in [3.05, 3.63) is 200 Å². The minimum Gasteiger partial charge on any atom is -0.247 e. The SMILES string of the molecule is c1ccc(-c2ccc(-c3cc(-c4cccc(-c5cccc(-c6nc7ccccc7c7c6ccc6ccccc67)c5)c4)nc(-c4ccccc4)n3)cc2)cc1. The van der Waals surface area contributed by atoms with Crippen LogP contribution in [0, 0.1) is 0 Å². The predicted molar refractivity (Wildman–Crippen MR) is 225 cm³/mol. The van der Waals surface area contributed by atoms with E-state index in [9.17, 15) is 0 Å². The Hall–Kier alpha value is -7.23. The fraction of sp³-hybridized carbons (Fsp3) is 0. The van der Waals surface area contributed by atoms with Crippen molar-refractivity contribution >= 4 is 32.4 Å². The van der Waals surface area contributed by atoms with Gasteiger partial charge in [0.05, 0.1) is 22.6 Å². The molecule has 54 heavy (non-hydrogen) atoms. The van der Waals surface area contributed by atoms with Gasteiger partial charge in [0.25, 0.3) is 0 Å². The summed E-state index contributed by atoms with van der Waals surface area (Å²) in [7, 11) is 0. The Morgan fingerprint density at radius 2 is 0.815 bits per heavy atom. The van der Waals surface area contributed by atoms with Crippen LogP contribution in [-0.2, 0) is 0 Å². The molecule has 0 radical (unpaired) electrons. The number of benzene rings is 8. The molecular weight excluding hydrogens is 655 g/mol. The molecule has 10 rings (SSSR count). The van der Waals surface area contributed by atoms with Crippen LogP contribution < -0.4 is 0 Å². The summed E-state index contributed by atoms with van der Waals surface area (Å²) in [5, 5.41) is 6.03. The third kappa shape index (κ3) is 5.78. The average Bonchev–Trinajstić information content (AvgIpc) is 3.26. The third-order valence-corrected chi connectivity index (χ3v) is 10.3. The maximum absolute atomic E-state index is 5.26. The number of aromatic nitrogens is 3. The average molecular weight is 688 g/mol. The molecule has 0 saturated heterocycles. The quantitative estimate of drug-likeness (QED) is 0.163. The molecule has 10 aromatic rings. The molecule has 0 unspecified atom stereocenters. The lowest BCUT2D eigenvalue weighted by atomic mass is 9.93. The second-order valence-corrected chi connectivity index (χ2v) is 13.6. The van der Waals surface area contributed by atoms with Gasteiger partial charge >= 0.3 is 0 Å². The van der Waals surface area contributed by atoms with E-state index in [1.165, 1.54) is 32.7 Å². The van der Waals surface area contributed by atoms with E-state index < -0.39 is 0 Å². The van der Waals surface area contributed by atoms with Gasteiger partial charge < -0.3 is 0 Å². The summed E-state index contributed by atoms with van der Waals surface area (Å²) in [6, 6.07) is 70.3. The number of rotatable bonds is 6. The van der Waals surface area contributed by atoms with Crippen molar-refractivity contribution in [1.82, 2.24) is 15.0 Å². The Morgan fingerprint density at radius 1 is 0.278 bits per heavy atom. The van der Waals surface area contributed by atoms with Crippen molar-refractivity contribution < 1.29 is 0 Å². The molecule has 0 bridgehead atoms. The molecule has 0 aliphatic rings. The third-order valence-electron chi connectivity index (χ3n) is 10.3. The molecule has 0 amide bonds. The lowest BCUT2D eigenvalue weighted by molar-refractivity contribution is 1.18. The molecule has 2 aromatic heterocycles. The molecule has 0 spiro atoms. The van der Waals surface area contributed by atoms with Gasteiger partial charge in [-0.15, -0.1) is 0 Å². The number of hydrogen-bond donors (Lipinski definition) is 0. The molecule has 2 heterocycles. The Bertz CT molecular complexity index is 2960. The van der Waals surface area contributed by atoms with Crippen molar-refractivity contribution in [2.75, 3.05) is 0 Å². The van der Waals surface area contributed by atoms with Gasteiger partial charge in [-0.2, -0.15) is 0 Å². The molecular formula is C51H33N3. The Balaban J connectivity index is 1.07. The van der Waals surface area contributed by atoms with Crippen LogP contribution in [0.4, 0.5) is 0 Å². The summed E-state index contributed by atoms with van der Waals surface area (Å²) < 4.78 is 0. The summed E-state index contributed by atoms with van der Waals surface area (Å²) in [6.45, 7) is 0. The fourth-order valence-electron chi connectivity index (χ4n) is 7.57. The van der Waals surface area contributed by atoms with Crippen LogP contribution in [-0.4, -0.2) is 15.0 Å². The first-order valence-electron chi connectivity index (χ1n) is 18.3. The number of hydrogen-bond acceptors (Lipinski definition) is 3. The van der Waals surface area contributed by atoms with Gasteiger partial charge in [0.15, 0.2) is 5.82 Å². The van der Waals surface area contributed by atoms with Crippen molar-refractivity contribution in [2.24, 2.45) is 0 Å². The lowest BCUT2D eigenvalue weighted by Crippen LogP contribution is -1.96. The monoisotopic (exact) mass is 687 g/mol. The molecule has 0 aliphatic carbocycles. The van der Waals surface area contributed by atoms with Gasteiger partial charge in [0, 0.05) is 38.4 Å². The van der Waals surface area contributed by atoms with Gasteiger partial charge in [0.2, 0.25) is 0 Å². The van der Waals surface area contributed by atoms with Gasteiger partial charge in [-0.1, -0.05) is 176 Å². The maximum atomic E-state index is 5.26. The Morgan fingerprint density at radius 3 is 1.57 bits per heavy atom. The van der Waals surface area contributed by atoms with E-state index in [-0.39, 0.29) is 0 Å². The molecule has 3 heteroatoms. The Kier molecular flexibility index (Phi) is 7.81. The number of nitrogens with zero attached hydrogens (tertiary/aromatic N) is 3. The smallest absolute Gasteiger partial charge is 0.160 e. The van der Waals surface area contributed by atoms with Crippen LogP contribution in [0.3, 0.4) is 0 Å². The molecule has 0 N–H and O–H groups in total. The van der Waals surface area contributed by atoms with E-state index in [0.717, 1.165) is 61.4 Å². The van der Waals surface area contributed by atoms with Crippen LogP contribution in [0.2, 0.25) is 0 Å². The standard InChI is InChI=1S/C51H33N3/c1-3-13-34(14-4-1)35-25-27-37(28-26-35)47-33-48(54-51(53-47)38-16-5-2-6-17-38)41-20-11-18-39(31-41)40-19-12-21-42(32-40)50-45-30-29-36-15-7-8-22-43(36)49(45)44-23-9-10-24-46(44)52-50/h1-33H. The maximum Gasteiger partial charge on any atom is 0.160 e. The summed E-state index contributed by atoms with van der Waals surface area (Å²) in [5.41, 5.74) is 12.5. The van der Waals surface area contributed by atoms with Gasteiger partial charge in [-0.25, -0.2) is 15.0 Å². The van der Waals surface area contributed by atoms with Crippen LogP contribution in [0.5, 0.6) is 0 Å². The van der Waals surface area contributed by atoms with Crippen molar-refractivity contribution in [3.8, 4) is 67.4 Å². The highest BCUT2D eigenvalue weighted by atomic mass is 14.9.